The van der Waals surface area contributed by atoms with Gasteiger partial charge in [-0.2, -0.15) is 0 Å². The van der Waals surface area contributed by atoms with Crippen molar-refractivity contribution in [2.45, 2.75) is 59.7 Å². The number of benzene rings is 2. The Balaban J connectivity index is 2.43. The number of carbonyl (C=O) groups is 1. The van der Waals surface area contributed by atoms with E-state index in [0.717, 1.165) is 35.5 Å². The van der Waals surface area contributed by atoms with Crippen molar-refractivity contribution in [2.75, 3.05) is 0 Å². The van der Waals surface area contributed by atoms with Crippen LogP contribution in [-0.4, -0.2) is 23.1 Å². The molecule has 0 bridgehead atoms. The minimum atomic E-state index is -0.121. The Morgan fingerprint density at radius 2 is 1.68 bits per heavy atom. The lowest BCUT2D eigenvalue weighted by Crippen LogP contribution is -2.10. The van der Waals surface area contributed by atoms with E-state index in [1.807, 2.05) is 45.9 Å². The molecule has 28 heavy (non-hydrogen) atoms. The molecule has 2 aromatic rings. The highest BCUT2D eigenvalue weighted by Gasteiger charge is 2.14. The Morgan fingerprint density at radius 3 is 2.25 bits per heavy atom. The number of ketones is 1. The van der Waals surface area contributed by atoms with Crippen molar-refractivity contribution in [1.82, 2.24) is 0 Å². The first-order chi connectivity index (χ1) is 13.3. The molecule has 0 aliphatic rings. The van der Waals surface area contributed by atoms with E-state index in [0.29, 0.717) is 5.56 Å². The highest BCUT2D eigenvalue weighted by Crippen LogP contribution is 2.32. The molecule has 4 heteroatoms. The fraction of sp³-hybridized carbons (Fsp3) is 0.375. The van der Waals surface area contributed by atoms with Gasteiger partial charge in [0.1, 0.15) is 17.2 Å². The SMILES string of the molecule is CCCc1c(/C=C/C(=O)c2ccc(O)cc2)cc(OC(C)C)cc1OC(C)C. The van der Waals surface area contributed by atoms with E-state index in [9.17, 15) is 9.90 Å². The predicted octanol–water partition coefficient (Wildman–Crippen LogP) is 5.82. The van der Waals surface area contributed by atoms with E-state index >= 15 is 0 Å². The first-order valence-corrected chi connectivity index (χ1v) is 9.81. The van der Waals surface area contributed by atoms with Crippen LogP contribution in [0.5, 0.6) is 17.2 Å². The van der Waals surface area contributed by atoms with Gasteiger partial charge in [-0.3, -0.25) is 4.79 Å². The Hall–Kier alpha value is -2.75. The van der Waals surface area contributed by atoms with Gasteiger partial charge in [0, 0.05) is 17.2 Å². The van der Waals surface area contributed by atoms with Gasteiger partial charge in [-0.25, -0.2) is 0 Å². The molecule has 0 aliphatic heterocycles. The van der Waals surface area contributed by atoms with E-state index in [1.165, 1.54) is 12.1 Å². The molecule has 0 radical (unpaired) electrons. The zero-order valence-electron chi connectivity index (χ0n) is 17.4. The standard InChI is InChI=1S/C24H30O4/c1-6-7-22-19(10-13-23(26)18-8-11-20(25)12-9-18)14-21(27-16(2)3)15-24(22)28-17(4)5/h8-17,25H,6-7H2,1-5H3/b13-10+. The smallest absolute Gasteiger partial charge is 0.185 e. The van der Waals surface area contributed by atoms with Crippen LogP contribution in [0.4, 0.5) is 0 Å². The summed E-state index contributed by atoms with van der Waals surface area (Å²) in [5.41, 5.74) is 2.52. The summed E-state index contributed by atoms with van der Waals surface area (Å²) in [6.07, 6.45) is 5.27. The maximum Gasteiger partial charge on any atom is 0.185 e. The van der Waals surface area contributed by atoms with E-state index in [1.54, 1.807) is 18.2 Å². The monoisotopic (exact) mass is 382 g/mol. The van der Waals surface area contributed by atoms with Crippen molar-refractivity contribution in [1.29, 1.82) is 0 Å². The summed E-state index contributed by atoms with van der Waals surface area (Å²) in [6, 6.07) is 10.1. The van der Waals surface area contributed by atoms with Crippen molar-refractivity contribution in [3.63, 3.8) is 0 Å². The summed E-state index contributed by atoms with van der Waals surface area (Å²) in [4.78, 5) is 12.5. The molecule has 2 rings (SSSR count). The first-order valence-electron chi connectivity index (χ1n) is 9.81. The molecule has 0 saturated carbocycles. The number of allylic oxidation sites excluding steroid dienone is 1. The average molecular weight is 383 g/mol. The third kappa shape index (κ3) is 6.15. The molecular weight excluding hydrogens is 352 g/mol. The van der Waals surface area contributed by atoms with Gasteiger partial charge in [0.25, 0.3) is 0 Å². The summed E-state index contributed by atoms with van der Waals surface area (Å²) in [7, 11) is 0. The van der Waals surface area contributed by atoms with Crippen LogP contribution in [0.2, 0.25) is 0 Å². The maximum absolute atomic E-state index is 12.5. The lowest BCUT2D eigenvalue weighted by Gasteiger charge is -2.19. The maximum atomic E-state index is 12.5. The van der Waals surface area contributed by atoms with E-state index in [-0.39, 0.29) is 23.7 Å². The number of hydrogen-bond acceptors (Lipinski definition) is 4. The van der Waals surface area contributed by atoms with Crippen LogP contribution in [-0.2, 0) is 6.42 Å². The van der Waals surface area contributed by atoms with E-state index < -0.39 is 0 Å². The fourth-order valence-electron chi connectivity index (χ4n) is 2.89. The molecule has 0 heterocycles. The van der Waals surface area contributed by atoms with Gasteiger partial charge >= 0.3 is 0 Å². The number of carbonyl (C=O) groups excluding carboxylic acids is 1. The van der Waals surface area contributed by atoms with Crippen molar-refractivity contribution >= 4 is 11.9 Å². The summed E-state index contributed by atoms with van der Waals surface area (Å²) in [5, 5.41) is 9.39. The molecule has 0 aromatic heterocycles. The second-order valence-corrected chi connectivity index (χ2v) is 7.32. The summed E-state index contributed by atoms with van der Waals surface area (Å²) < 4.78 is 11.9. The van der Waals surface area contributed by atoms with Crippen molar-refractivity contribution in [3.05, 3.63) is 59.2 Å². The van der Waals surface area contributed by atoms with Crippen molar-refractivity contribution in [3.8, 4) is 17.2 Å². The molecule has 0 amide bonds. The molecule has 0 unspecified atom stereocenters. The second kappa shape index (κ2) is 9.98. The number of aromatic hydroxyl groups is 1. The van der Waals surface area contributed by atoms with Crippen LogP contribution in [0.3, 0.4) is 0 Å². The Morgan fingerprint density at radius 1 is 1.04 bits per heavy atom. The number of rotatable bonds is 9. The van der Waals surface area contributed by atoms with Gasteiger partial charge in [0.15, 0.2) is 5.78 Å². The van der Waals surface area contributed by atoms with Crippen molar-refractivity contribution < 1.29 is 19.4 Å². The second-order valence-electron chi connectivity index (χ2n) is 7.32. The zero-order valence-corrected chi connectivity index (χ0v) is 17.4. The number of hydrogen-bond donors (Lipinski definition) is 1. The molecule has 4 nitrogen and oxygen atoms in total. The van der Waals surface area contributed by atoms with Crippen LogP contribution in [0.1, 0.15) is 62.5 Å². The Labute approximate surface area is 167 Å². The van der Waals surface area contributed by atoms with Gasteiger partial charge in [0.05, 0.1) is 12.2 Å². The van der Waals surface area contributed by atoms with Crippen LogP contribution >= 0.6 is 0 Å². The summed E-state index contributed by atoms with van der Waals surface area (Å²) in [6.45, 7) is 10.1. The zero-order chi connectivity index (χ0) is 20.7. The molecular formula is C24H30O4. The number of phenols is 1. The number of phenolic OH excluding ortho intramolecular Hbond substituents is 1. The largest absolute Gasteiger partial charge is 0.508 e. The van der Waals surface area contributed by atoms with Gasteiger partial charge in [-0.15, -0.1) is 0 Å². The molecule has 2 aromatic carbocycles. The summed E-state index contributed by atoms with van der Waals surface area (Å²) >= 11 is 0. The van der Waals surface area contributed by atoms with E-state index in [4.69, 9.17) is 9.47 Å². The quantitative estimate of drug-likeness (QED) is 0.439. The Bertz CT molecular complexity index is 817. The molecule has 0 atom stereocenters. The minimum absolute atomic E-state index is 0.0411. The molecule has 150 valence electrons. The third-order valence-corrected chi connectivity index (χ3v) is 4.02. The van der Waals surface area contributed by atoms with Crippen LogP contribution < -0.4 is 9.47 Å². The third-order valence-electron chi connectivity index (χ3n) is 4.02. The predicted molar refractivity (Wildman–Crippen MR) is 113 cm³/mol. The highest BCUT2D eigenvalue weighted by molar-refractivity contribution is 6.07. The van der Waals surface area contributed by atoms with Crippen LogP contribution in [0.15, 0.2) is 42.5 Å². The minimum Gasteiger partial charge on any atom is -0.508 e. The molecule has 1 N–H and O–H groups in total. The Kier molecular flexibility index (Phi) is 7.68. The average Bonchev–Trinajstić information content (AvgIpc) is 2.61. The molecule has 0 fully saturated rings. The van der Waals surface area contributed by atoms with Crippen molar-refractivity contribution in [2.24, 2.45) is 0 Å². The molecule has 0 aliphatic carbocycles. The highest BCUT2D eigenvalue weighted by atomic mass is 16.5. The normalized spacial score (nSPS) is 11.4. The fourth-order valence-corrected chi connectivity index (χ4v) is 2.89. The first kappa shape index (κ1) is 21.5. The van der Waals surface area contributed by atoms with Crippen LogP contribution in [0.25, 0.3) is 6.08 Å². The van der Waals surface area contributed by atoms with Crippen LogP contribution in [0, 0.1) is 0 Å². The van der Waals surface area contributed by atoms with Gasteiger partial charge < -0.3 is 14.6 Å². The molecule has 0 spiro atoms. The van der Waals surface area contributed by atoms with Gasteiger partial charge in [0.2, 0.25) is 0 Å². The lowest BCUT2D eigenvalue weighted by molar-refractivity contribution is 0.104. The topological polar surface area (TPSA) is 55.8 Å². The molecule has 0 saturated heterocycles. The van der Waals surface area contributed by atoms with E-state index in [2.05, 4.69) is 6.92 Å². The number of ether oxygens (including phenoxy) is 2. The van der Waals surface area contributed by atoms with Gasteiger partial charge in [-0.05, 0) is 76.1 Å². The summed E-state index contributed by atoms with van der Waals surface area (Å²) in [5.74, 6) is 1.54. The lowest BCUT2D eigenvalue weighted by atomic mass is 9.99. The van der Waals surface area contributed by atoms with Gasteiger partial charge in [-0.1, -0.05) is 19.4 Å².